The van der Waals surface area contributed by atoms with Gasteiger partial charge >= 0.3 is 0 Å². The maximum absolute atomic E-state index is 4.14. The van der Waals surface area contributed by atoms with E-state index in [4.69, 9.17) is 0 Å². The lowest BCUT2D eigenvalue weighted by molar-refractivity contribution is 1.34. The second kappa shape index (κ2) is 2.31. The van der Waals surface area contributed by atoms with E-state index in [1.165, 1.54) is 0 Å². The number of aliphatic imine (C=N–C) groups is 2. The average molecular weight is 128 g/mol. The van der Waals surface area contributed by atoms with Crippen molar-refractivity contribution in [2.24, 2.45) is 9.98 Å². The van der Waals surface area contributed by atoms with Crippen molar-refractivity contribution < 1.29 is 0 Å². The van der Waals surface area contributed by atoms with Gasteiger partial charge in [-0.15, -0.1) is 0 Å². The predicted octanol–water partition coefficient (Wildman–Crippen LogP) is 1.18. The van der Waals surface area contributed by atoms with Crippen LogP contribution in [0.25, 0.3) is 0 Å². The molecule has 8 heavy (non-hydrogen) atoms. The Morgan fingerprint density at radius 3 is 2.62 bits per heavy atom. The van der Waals surface area contributed by atoms with Gasteiger partial charge in [0, 0.05) is 5.71 Å². The average Bonchev–Trinajstić information content (AvgIpc) is 2.14. The molecule has 0 amide bonds. The molecule has 0 saturated carbocycles. The Bertz CT molecular complexity index is 149. The van der Waals surface area contributed by atoms with Crippen LogP contribution in [0.1, 0.15) is 6.92 Å². The highest BCUT2D eigenvalue weighted by Gasteiger charge is 2.01. The van der Waals surface area contributed by atoms with E-state index in [0.717, 1.165) is 17.4 Å². The van der Waals surface area contributed by atoms with E-state index in [1.807, 2.05) is 13.2 Å². The third-order valence-corrected chi connectivity index (χ3v) is 1.50. The molecule has 1 heterocycles. The zero-order valence-corrected chi connectivity index (χ0v) is 5.83. The van der Waals surface area contributed by atoms with Crippen molar-refractivity contribution in [3.05, 3.63) is 0 Å². The smallest absolute Gasteiger partial charge is 0.182 e. The largest absolute Gasteiger partial charge is 0.255 e. The van der Waals surface area contributed by atoms with Gasteiger partial charge in [0.1, 0.15) is 0 Å². The Balaban J connectivity index is 2.58. The summed E-state index contributed by atoms with van der Waals surface area (Å²) in [6.45, 7) is 2.79. The van der Waals surface area contributed by atoms with Gasteiger partial charge in [-0.05, 0) is 13.2 Å². The van der Waals surface area contributed by atoms with Crippen LogP contribution >= 0.6 is 11.8 Å². The highest BCUT2D eigenvalue weighted by molar-refractivity contribution is 8.13. The van der Waals surface area contributed by atoms with Crippen molar-refractivity contribution in [2.45, 2.75) is 6.92 Å². The van der Waals surface area contributed by atoms with E-state index in [9.17, 15) is 0 Å². The van der Waals surface area contributed by atoms with E-state index >= 15 is 0 Å². The summed E-state index contributed by atoms with van der Waals surface area (Å²) in [5.41, 5.74) is 1.12. The fourth-order valence-electron chi connectivity index (χ4n) is 0.526. The molecule has 0 unspecified atom stereocenters. The van der Waals surface area contributed by atoms with Gasteiger partial charge in [0.2, 0.25) is 0 Å². The van der Waals surface area contributed by atoms with Crippen molar-refractivity contribution in [2.75, 3.05) is 12.8 Å². The zero-order chi connectivity index (χ0) is 5.98. The number of hydrogen-bond acceptors (Lipinski definition) is 3. The van der Waals surface area contributed by atoms with Gasteiger partial charge in [-0.3, -0.25) is 4.99 Å². The topological polar surface area (TPSA) is 24.7 Å². The lowest BCUT2D eigenvalue weighted by atomic mass is 10.4. The van der Waals surface area contributed by atoms with Crippen LogP contribution in [0.15, 0.2) is 9.98 Å². The van der Waals surface area contributed by atoms with E-state index in [2.05, 4.69) is 9.98 Å². The second-order valence-corrected chi connectivity index (χ2v) is 2.42. The Hall–Kier alpha value is -0.310. The van der Waals surface area contributed by atoms with Crippen molar-refractivity contribution in [3.63, 3.8) is 0 Å². The van der Waals surface area contributed by atoms with Crippen LogP contribution < -0.4 is 0 Å². The fraction of sp³-hybridized carbons (Fsp3) is 0.600. The summed E-state index contributed by atoms with van der Waals surface area (Å²) >= 11 is 1.60. The summed E-state index contributed by atoms with van der Waals surface area (Å²) in [4.78, 5) is 8.25. The highest BCUT2D eigenvalue weighted by Crippen LogP contribution is 2.05. The van der Waals surface area contributed by atoms with E-state index < -0.39 is 0 Å². The molecule has 0 N–H and O–H groups in total. The minimum absolute atomic E-state index is 0.802. The lowest BCUT2D eigenvalue weighted by Gasteiger charge is -1.82. The molecule has 0 spiro atoms. The van der Waals surface area contributed by atoms with Gasteiger partial charge in [-0.25, -0.2) is 4.99 Å². The standard InChI is InChI=1S/C5H8N2S/c1-4-3-6-5(7-4)8-2/h3H2,1-2H3. The number of amidine groups is 1. The summed E-state index contributed by atoms with van der Waals surface area (Å²) < 4.78 is 0. The molecule has 44 valence electrons. The van der Waals surface area contributed by atoms with Crippen LogP contribution in [0.2, 0.25) is 0 Å². The Labute approximate surface area is 53.1 Å². The maximum Gasteiger partial charge on any atom is 0.182 e. The van der Waals surface area contributed by atoms with Crippen LogP contribution in [-0.4, -0.2) is 23.7 Å². The van der Waals surface area contributed by atoms with Gasteiger partial charge in [0.25, 0.3) is 0 Å². The molecule has 1 aliphatic heterocycles. The molecule has 1 rings (SSSR count). The molecule has 0 atom stereocenters. The predicted molar refractivity (Wildman–Crippen MR) is 38.9 cm³/mol. The molecule has 0 aliphatic carbocycles. The van der Waals surface area contributed by atoms with Gasteiger partial charge in [0.15, 0.2) is 5.17 Å². The summed E-state index contributed by atoms with van der Waals surface area (Å²) in [6, 6.07) is 0. The van der Waals surface area contributed by atoms with Gasteiger partial charge in [0.05, 0.1) is 6.54 Å². The third-order valence-electron chi connectivity index (χ3n) is 0.912. The molecule has 3 heteroatoms. The summed E-state index contributed by atoms with van der Waals surface area (Å²) in [6.07, 6.45) is 1.99. The molecular formula is C5H8N2S. The van der Waals surface area contributed by atoms with Crippen molar-refractivity contribution in [1.29, 1.82) is 0 Å². The third kappa shape index (κ3) is 1.10. The first-order valence-corrected chi connectivity index (χ1v) is 3.68. The first-order chi connectivity index (χ1) is 3.83. The lowest BCUT2D eigenvalue weighted by Crippen LogP contribution is -1.87. The molecule has 2 nitrogen and oxygen atoms in total. The normalized spacial score (nSPS) is 18.2. The molecule has 0 aromatic heterocycles. The first-order valence-electron chi connectivity index (χ1n) is 2.45. The van der Waals surface area contributed by atoms with Crippen LogP contribution in [0.4, 0.5) is 0 Å². The minimum Gasteiger partial charge on any atom is -0.255 e. The molecule has 0 aromatic rings. The molecular weight excluding hydrogens is 120 g/mol. The van der Waals surface area contributed by atoms with Crippen LogP contribution in [-0.2, 0) is 0 Å². The molecule has 1 aliphatic rings. The van der Waals surface area contributed by atoms with Crippen molar-refractivity contribution in [3.8, 4) is 0 Å². The van der Waals surface area contributed by atoms with Gasteiger partial charge in [-0.2, -0.15) is 0 Å². The quantitative estimate of drug-likeness (QED) is 0.481. The van der Waals surface area contributed by atoms with Crippen molar-refractivity contribution >= 4 is 22.6 Å². The van der Waals surface area contributed by atoms with E-state index in [0.29, 0.717) is 0 Å². The van der Waals surface area contributed by atoms with Crippen molar-refractivity contribution in [1.82, 2.24) is 0 Å². The summed E-state index contributed by atoms with van der Waals surface area (Å²) in [5, 5.41) is 0.919. The monoisotopic (exact) mass is 128 g/mol. The van der Waals surface area contributed by atoms with E-state index in [1.54, 1.807) is 11.8 Å². The number of rotatable bonds is 0. The van der Waals surface area contributed by atoms with Crippen LogP contribution in [0.5, 0.6) is 0 Å². The van der Waals surface area contributed by atoms with E-state index in [-0.39, 0.29) is 0 Å². The maximum atomic E-state index is 4.14. The second-order valence-electron chi connectivity index (χ2n) is 1.65. The number of nitrogens with zero attached hydrogens (tertiary/aromatic N) is 2. The Kier molecular flexibility index (Phi) is 1.68. The van der Waals surface area contributed by atoms with Gasteiger partial charge in [-0.1, -0.05) is 11.8 Å². The van der Waals surface area contributed by atoms with Gasteiger partial charge < -0.3 is 0 Å². The SMILES string of the molecule is CSC1=NCC(C)=N1. The first kappa shape index (κ1) is 5.82. The molecule has 0 saturated heterocycles. The molecule has 0 fully saturated rings. The summed E-state index contributed by atoms with van der Waals surface area (Å²) in [7, 11) is 0. The number of hydrogen-bond donors (Lipinski definition) is 0. The number of thioether (sulfide) groups is 1. The van der Waals surface area contributed by atoms with Crippen LogP contribution in [0, 0.1) is 0 Å². The highest BCUT2D eigenvalue weighted by atomic mass is 32.2. The Morgan fingerprint density at radius 2 is 2.38 bits per heavy atom. The molecule has 0 aromatic carbocycles. The molecule has 0 bridgehead atoms. The van der Waals surface area contributed by atoms with Crippen LogP contribution in [0.3, 0.4) is 0 Å². The summed E-state index contributed by atoms with van der Waals surface area (Å²) in [5.74, 6) is 0. The Morgan fingerprint density at radius 1 is 1.62 bits per heavy atom. The molecule has 0 radical (unpaired) electrons. The zero-order valence-electron chi connectivity index (χ0n) is 5.01. The fourth-order valence-corrected chi connectivity index (χ4v) is 0.967. The minimum atomic E-state index is 0.802.